The Morgan fingerprint density at radius 1 is 1.47 bits per heavy atom. The molecule has 1 heterocycles. The van der Waals surface area contributed by atoms with Crippen molar-refractivity contribution >= 4 is 15.9 Å². The van der Waals surface area contributed by atoms with Gasteiger partial charge in [0, 0.05) is 0 Å². The Bertz CT molecular complexity index is 484. The monoisotopic (exact) mass is 270 g/mol. The Labute approximate surface area is 94.6 Å². The number of methoxy groups -OCH3 is 1. The van der Waals surface area contributed by atoms with E-state index in [4.69, 9.17) is 4.74 Å². The van der Waals surface area contributed by atoms with Crippen molar-refractivity contribution in [1.82, 2.24) is 9.55 Å². The standard InChI is InChI=1S/C10H8BrFN2O/c1-15-10-13-6-9(11)14(10)8-4-2-3-7(12)5-8/h2-6H,1H3. The van der Waals surface area contributed by atoms with Gasteiger partial charge in [-0.2, -0.15) is 0 Å². The third-order valence-corrected chi connectivity index (χ3v) is 2.49. The van der Waals surface area contributed by atoms with Gasteiger partial charge >= 0.3 is 6.01 Å². The van der Waals surface area contributed by atoms with E-state index < -0.39 is 0 Å². The van der Waals surface area contributed by atoms with Gasteiger partial charge in [0.15, 0.2) is 0 Å². The molecule has 1 aromatic heterocycles. The molecule has 0 atom stereocenters. The second-order valence-corrected chi connectivity index (χ2v) is 3.70. The molecule has 0 bridgehead atoms. The second kappa shape index (κ2) is 4.02. The van der Waals surface area contributed by atoms with Crippen molar-refractivity contribution in [2.24, 2.45) is 0 Å². The largest absolute Gasteiger partial charge is 0.468 e. The summed E-state index contributed by atoms with van der Waals surface area (Å²) in [6.45, 7) is 0. The average molecular weight is 271 g/mol. The Hall–Kier alpha value is -1.36. The molecule has 15 heavy (non-hydrogen) atoms. The van der Waals surface area contributed by atoms with Crippen molar-refractivity contribution in [3.05, 3.63) is 40.9 Å². The zero-order valence-electron chi connectivity index (χ0n) is 7.95. The number of imidazole rings is 1. The van der Waals surface area contributed by atoms with Crippen LogP contribution in [0, 0.1) is 5.82 Å². The van der Waals surface area contributed by atoms with Crippen LogP contribution in [-0.4, -0.2) is 16.7 Å². The number of hydrogen-bond donors (Lipinski definition) is 0. The fourth-order valence-corrected chi connectivity index (χ4v) is 1.77. The summed E-state index contributed by atoms with van der Waals surface area (Å²) < 4.78 is 20.5. The fraction of sp³-hybridized carbons (Fsp3) is 0.100. The number of nitrogens with zero attached hydrogens (tertiary/aromatic N) is 2. The molecule has 0 N–H and O–H groups in total. The van der Waals surface area contributed by atoms with Gasteiger partial charge in [-0.15, -0.1) is 0 Å². The molecule has 0 aliphatic rings. The second-order valence-electron chi connectivity index (χ2n) is 2.88. The van der Waals surface area contributed by atoms with Crippen molar-refractivity contribution in [3.63, 3.8) is 0 Å². The number of hydrogen-bond acceptors (Lipinski definition) is 2. The van der Waals surface area contributed by atoms with Gasteiger partial charge in [0.05, 0.1) is 19.0 Å². The number of rotatable bonds is 2. The highest BCUT2D eigenvalue weighted by Crippen LogP contribution is 2.24. The van der Waals surface area contributed by atoms with Crippen molar-refractivity contribution < 1.29 is 9.13 Å². The van der Waals surface area contributed by atoms with Gasteiger partial charge in [0.2, 0.25) is 0 Å². The minimum atomic E-state index is -0.296. The lowest BCUT2D eigenvalue weighted by molar-refractivity contribution is 0.373. The maximum Gasteiger partial charge on any atom is 0.301 e. The predicted molar refractivity (Wildman–Crippen MR) is 57.8 cm³/mol. The van der Waals surface area contributed by atoms with Crippen molar-refractivity contribution in [2.75, 3.05) is 7.11 Å². The molecule has 0 aliphatic carbocycles. The first-order chi connectivity index (χ1) is 7.22. The van der Waals surface area contributed by atoms with E-state index in [0.717, 1.165) is 0 Å². The topological polar surface area (TPSA) is 27.1 Å². The summed E-state index contributed by atoms with van der Waals surface area (Å²) in [6, 6.07) is 6.62. The van der Waals surface area contributed by atoms with Crippen LogP contribution in [0.15, 0.2) is 35.1 Å². The fourth-order valence-electron chi connectivity index (χ4n) is 1.31. The van der Waals surface area contributed by atoms with E-state index in [9.17, 15) is 4.39 Å². The van der Waals surface area contributed by atoms with Crippen molar-refractivity contribution in [2.45, 2.75) is 0 Å². The molecule has 5 heteroatoms. The molecule has 2 aromatic rings. The molecule has 0 amide bonds. The van der Waals surface area contributed by atoms with Gasteiger partial charge in [-0.25, -0.2) is 9.37 Å². The summed E-state index contributed by atoms with van der Waals surface area (Å²) in [5.41, 5.74) is 0.663. The van der Waals surface area contributed by atoms with Crippen LogP contribution in [0.1, 0.15) is 0 Å². The molecular formula is C10H8BrFN2O. The van der Waals surface area contributed by atoms with Gasteiger partial charge in [-0.05, 0) is 34.1 Å². The highest BCUT2D eigenvalue weighted by Gasteiger charge is 2.10. The molecular weight excluding hydrogens is 263 g/mol. The molecule has 1 aromatic carbocycles. The van der Waals surface area contributed by atoms with E-state index in [2.05, 4.69) is 20.9 Å². The lowest BCUT2D eigenvalue weighted by atomic mass is 10.3. The first-order valence-corrected chi connectivity index (χ1v) is 5.05. The van der Waals surface area contributed by atoms with Crippen LogP contribution >= 0.6 is 15.9 Å². The lowest BCUT2D eigenvalue weighted by Gasteiger charge is -2.07. The molecule has 0 saturated heterocycles. The van der Waals surface area contributed by atoms with Crippen LogP contribution in [0.3, 0.4) is 0 Å². The number of benzene rings is 1. The predicted octanol–water partition coefficient (Wildman–Crippen LogP) is 2.78. The first kappa shape index (κ1) is 10.2. The molecule has 0 spiro atoms. The zero-order valence-corrected chi connectivity index (χ0v) is 9.53. The van der Waals surface area contributed by atoms with Crippen LogP contribution < -0.4 is 4.74 Å². The SMILES string of the molecule is COc1ncc(Br)n1-c1cccc(F)c1. The number of ether oxygens (including phenoxy) is 1. The van der Waals surface area contributed by atoms with E-state index >= 15 is 0 Å². The van der Waals surface area contributed by atoms with E-state index in [1.165, 1.54) is 19.2 Å². The van der Waals surface area contributed by atoms with Crippen LogP contribution in [0.25, 0.3) is 5.69 Å². The van der Waals surface area contributed by atoms with Crippen LogP contribution in [0.2, 0.25) is 0 Å². The van der Waals surface area contributed by atoms with E-state index in [1.807, 2.05) is 0 Å². The third kappa shape index (κ3) is 1.87. The minimum absolute atomic E-state index is 0.296. The first-order valence-electron chi connectivity index (χ1n) is 4.25. The summed E-state index contributed by atoms with van der Waals surface area (Å²) in [5, 5.41) is 0. The van der Waals surface area contributed by atoms with Crippen LogP contribution in [0.4, 0.5) is 4.39 Å². The van der Waals surface area contributed by atoms with Gasteiger partial charge in [0.25, 0.3) is 0 Å². The van der Waals surface area contributed by atoms with E-state index in [0.29, 0.717) is 16.3 Å². The van der Waals surface area contributed by atoms with Crippen LogP contribution in [-0.2, 0) is 0 Å². The number of aromatic nitrogens is 2. The smallest absolute Gasteiger partial charge is 0.301 e. The summed E-state index contributed by atoms with van der Waals surface area (Å²) in [5.74, 6) is -0.296. The zero-order chi connectivity index (χ0) is 10.8. The molecule has 2 rings (SSSR count). The van der Waals surface area contributed by atoms with Crippen molar-refractivity contribution in [1.29, 1.82) is 0 Å². The highest BCUT2D eigenvalue weighted by molar-refractivity contribution is 9.10. The number of halogens is 2. The Morgan fingerprint density at radius 2 is 2.27 bits per heavy atom. The maximum atomic E-state index is 13.0. The van der Waals surface area contributed by atoms with Crippen LogP contribution in [0.5, 0.6) is 6.01 Å². The highest BCUT2D eigenvalue weighted by atomic mass is 79.9. The van der Waals surface area contributed by atoms with E-state index in [-0.39, 0.29) is 5.82 Å². The lowest BCUT2D eigenvalue weighted by Crippen LogP contribution is -1.99. The Morgan fingerprint density at radius 3 is 2.93 bits per heavy atom. The van der Waals surface area contributed by atoms with Gasteiger partial charge in [-0.1, -0.05) is 6.07 Å². The van der Waals surface area contributed by atoms with Gasteiger partial charge in [0.1, 0.15) is 10.4 Å². The van der Waals surface area contributed by atoms with E-state index in [1.54, 1.807) is 22.9 Å². The van der Waals surface area contributed by atoms with Gasteiger partial charge < -0.3 is 4.74 Å². The summed E-state index contributed by atoms with van der Waals surface area (Å²) >= 11 is 3.32. The van der Waals surface area contributed by atoms with Crippen molar-refractivity contribution in [3.8, 4) is 11.7 Å². The molecule has 0 saturated carbocycles. The molecule has 0 fully saturated rings. The molecule has 3 nitrogen and oxygen atoms in total. The third-order valence-electron chi connectivity index (χ3n) is 1.94. The summed E-state index contributed by atoms with van der Waals surface area (Å²) in [4.78, 5) is 4.01. The quantitative estimate of drug-likeness (QED) is 0.839. The molecule has 0 aliphatic heterocycles. The average Bonchev–Trinajstić information content (AvgIpc) is 2.59. The maximum absolute atomic E-state index is 13.0. The molecule has 0 radical (unpaired) electrons. The minimum Gasteiger partial charge on any atom is -0.468 e. The summed E-state index contributed by atoms with van der Waals surface area (Å²) in [6.07, 6.45) is 1.60. The molecule has 0 unspecified atom stereocenters. The van der Waals surface area contributed by atoms with Gasteiger partial charge in [-0.3, -0.25) is 4.57 Å². The Kier molecular flexibility index (Phi) is 2.73. The Balaban J connectivity index is 2.57. The molecule has 78 valence electrons. The summed E-state index contributed by atoms with van der Waals surface area (Å²) in [7, 11) is 1.52. The normalized spacial score (nSPS) is 10.3.